The van der Waals surface area contributed by atoms with E-state index in [2.05, 4.69) is 68.9 Å². The van der Waals surface area contributed by atoms with Gasteiger partial charge >= 0.3 is 0 Å². The number of nitrogens with one attached hydrogen (secondary N) is 2. The molecule has 3 aromatic rings. The summed E-state index contributed by atoms with van der Waals surface area (Å²) < 4.78 is 5.78. The first-order valence-electron chi connectivity index (χ1n) is 8.98. The second-order valence-corrected chi connectivity index (χ2v) is 6.99. The monoisotopic (exact) mass is 507 g/mol. The van der Waals surface area contributed by atoms with Gasteiger partial charge in [0.2, 0.25) is 0 Å². The van der Waals surface area contributed by atoms with Crippen LogP contribution in [0.25, 0.3) is 0 Å². The molecule has 6 heteroatoms. The fourth-order valence-corrected chi connectivity index (χ4v) is 3.27. The van der Waals surface area contributed by atoms with Crippen molar-refractivity contribution in [2.24, 2.45) is 4.99 Å². The molecule has 0 aliphatic heterocycles. The molecular formula is C22H26IN3OS. The summed E-state index contributed by atoms with van der Waals surface area (Å²) in [7, 11) is 1.79. The number of halogens is 1. The Bertz CT molecular complexity index is 821. The van der Waals surface area contributed by atoms with E-state index in [0.717, 1.165) is 19.0 Å². The molecule has 3 rings (SSSR count). The predicted octanol–water partition coefficient (Wildman–Crippen LogP) is 4.95. The van der Waals surface area contributed by atoms with Crippen LogP contribution in [-0.2, 0) is 31.0 Å². The van der Waals surface area contributed by atoms with Crippen LogP contribution in [0.3, 0.4) is 0 Å². The number of rotatable bonds is 8. The average Bonchev–Trinajstić information content (AvgIpc) is 3.24. The molecule has 0 bridgehead atoms. The molecule has 2 N–H and O–H groups in total. The molecule has 2 aromatic carbocycles. The van der Waals surface area contributed by atoms with Crippen molar-refractivity contribution in [3.63, 3.8) is 0 Å². The van der Waals surface area contributed by atoms with Gasteiger partial charge in [0.05, 0.1) is 13.2 Å². The molecule has 0 fully saturated rings. The Kier molecular flexibility index (Phi) is 10.0. The number of hydrogen-bond donors (Lipinski definition) is 2. The molecule has 1 heterocycles. The molecular weight excluding hydrogens is 481 g/mol. The molecule has 0 saturated carbocycles. The van der Waals surface area contributed by atoms with Crippen LogP contribution < -0.4 is 10.6 Å². The fourth-order valence-electron chi connectivity index (χ4n) is 2.60. The predicted molar refractivity (Wildman–Crippen MR) is 128 cm³/mol. The first-order chi connectivity index (χ1) is 13.3. The van der Waals surface area contributed by atoms with Gasteiger partial charge in [0.15, 0.2) is 5.96 Å². The molecule has 0 aliphatic rings. The van der Waals surface area contributed by atoms with E-state index in [9.17, 15) is 0 Å². The van der Waals surface area contributed by atoms with Gasteiger partial charge in [0.25, 0.3) is 0 Å². The first-order valence-corrected chi connectivity index (χ1v) is 9.93. The SMILES string of the molecule is CN=C(NCc1ccc(COCc2ccccc2)cc1)NCc1ccsc1.I. The molecule has 0 amide bonds. The standard InChI is InChI=1S/C22H25N3OS.HI/c1-23-22(25-14-21-11-12-27-17-21)24-13-18-7-9-20(10-8-18)16-26-15-19-5-3-2-4-6-19;/h2-12,17H,13-16H2,1H3,(H2,23,24,25);1H. The maximum atomic E-state index is 5.78. The smallest absolute Gasteiger partial charge is 0.191 e. The zero-order valence-corrected chi connectivity index (χ0v) is 19.1. The molecule has 0 spiro atoms. The molecule has 0 unspecified atom stereocenters. The highest BCUT2D eigenvalue weighted by Crippen LogP contribution is 2.08. The van der Waals surface area contributed by atoms with E-state index in [0.29, 0.717) is 13.2 Å². The molecule has 28 heavy (non-hydrogen) atoms. The lowest BCUT2D eigenvalue weighted by atomic mass is 10.1. The van der Waals surface area contributed by atoms with Crippen molar-refractivity contribution in [2.75, 3.05) is 7.05 Å². The molecule has 4 nitrogen and oxygen atoms in total. The summed E-state index contributed by atoms with van der Waals surface area (Å²) in [5.41, 5.74) is 4.84. The van der Waals surface area contributed by atoms with Gasteiger partial charge in [0, 0.05) is 20.1 Å². The number of guanidine groups is 1. The van der Waals surface area contributed by atoms with Crippen molar-refractivity contribution >= 4 is 41.3 Å². The van der Waals surface area contributed by atoms with E-state index in [1.54, 1.807) is 18.4 Å². The maximum absolute atomic E-state index is 5.78. The van der Waals surface area contributed by atoms with Gasteiger partial charge in [-0.3, -0.25) is 4.99 Å². The number of ether oxygens (including phenoxy) is 1. The third kappa shape index (κ3) is 7.61. The van der Waals surface area contributed by atoms with E-state index in [4.69, 9.17) is 4.74 Å². The summed E-state index contributed by atoms with van der Waals surface area (Å²) in [5, 5.41) is 10.9. The van der Waals surface area contributed by atoms with Gasteiger partial charge in [-0.1, -0.05) is 54.6 Å². The van der Waals surface area contributed by atoms with Crippen LogP contribution in [0.2, 0.25) is 0 Å². The van der Waals surface area contributed by atoms with Crippen molar-refractivity contribution < 1.29 is 4.74 Å². The molecule has 0 radical (unpaired) electrons. The Labute approximate surface area is 188 Å². The summed E-state index contributed by atoms with van der Waals surface area (Å²) >= 11 is 1.70. The van der Waals surface area contributed by atoms with Gasteiger partial charge in [-0.25, -0.2) is 0 Å². The average molecular weight is 507 g/mol. The van der Waals surface area contributed by atoms with Gasteiger partial charge < -0.3 is 15.4 Å². The summed E-state index contributed by atoms with van der Waals surface area (Å²) in [6.07, 6.45) is 0. The van der Waals surface area contributed by atoms with Crippen molar-refractivity contribution in [2.45, 2.75) is 26.3 Å². The van der Waals surface area contributed by atoms with E-state index >= 15 is 0 Å². The van der Waals surface area contributed by atoms with Crippen molar-refractivity contribution in [3.8, 4) is 0 Å². The van der Waals surface area contributed by atoms with Crippen LogP contribution in [-0.4, -0.2) is 13.0 Å². The van der Waals surface area contributed by atoms with Crippen LogP contribution in [0.15, 0.2) is 76.4 Å². The highest BCUT2D eigenvalue weighted by molar-refractivity contribution is 14.0. The maximum Gasteiger partial charge on any atom is 0.191 e. The summed E-state index contributed by atoms with van der Waals surface area (Å²) in [5.74, 6) is 0.802. The quantitative estimate of drug-likeness (QED) is 0.258. The number of benzene rings is 2. The van der Waals surface area contributed by atoms with Crippen LogP contribution >= 0.6 is 35.3 Å². The Morgan fingerprint density at radius 2 is 1.43 bits per heavy atom. The Balaban J connectivity index is 0.00000280. The largest absolute Gasteiger partial charge is 0.372 e. The van der Waals surface area contributed by atoms with Gasteiger partial charge in [-0.05, 0) is 39.1 Å². The lowest BCUT2D eigenvalue weighted by molar-refractivity contribution is 0.107. The highest BCUT2D eigenvalue weighted by Gasteiger charge is 2.00. The van der Waals surface area contributed by atoms with Crippen LogP contribution in [0.1, 0.15) is 22.3 Å². The Morgan fingerprint density at radius 1 is 0.821 bits per heavy atom. The number of thiophene rings is 1. The third-order valence-corrected chi connectivity index (χ3v) is 4.86. The van der Waals surface area contributed by atoms with Crippen molar-refractivity contribution in [1.29, 1.82) is 0 Å². The molecule has 0 atom stereocenters. The summed E-state index contributed by atoms with van der Waals surface area (Å²) in [6, 6.07) is 20.8. The second kappa shape index (κ2) is 12.5. The van der Waals surface area contributed by atoms with Crippen LogP contribution in [0.5, 0.6) is 0 Å². The third-order valence-electron chi connectivity index (χ3n) is 4.13. The molecule has 1 aromatic heterocycles. The van der Waals surface area contributed by atoms with E-state index in [-0.39, 0.29) is 24.0 Å². The number of nitrogens with zero attached hydrogens (tertiary/aromatic N) is 1. The van der Waals surface area contributed by atoms with Crippen LogP contribution in [0, 0.1) is 0 Å². The van der Waals surface area contributed by atoms with Crippen LogP contribution in [0.4, 0.5) is 0 Å². The Hall–Kier alpha value is -1.90. The van der Waals surface area contributed by atoms with Gasteiger partial charge in [0.1, 0.15) is 0 Å². The topological polar surface area (TPSA) is 45.7 Å². The molecule has 0 saturated heterocycles. The minimum atomic E-state index is 0. The van der Waals surface area contributed by atoms with Crippen molar-refractivity contribution in [3.05, 3.63) is 93.7 Å². The molecule has 0 aliphatic carbocycles. The fraction of sp³-hybridized carbons (Fsp3) is 0.227. The normalized spacial score (nSPS) is 11.0. The van der Waals surface area contributed by atoms with Gasteiger partial charge in [-0.15, -0.1) is 24.0 Å². The zero-order valence-electron chi connectivity index (χ0n) is 15.9. The van der Waals surface area contributed by atoms with Gasteiger partial charge in [-0.2, -0.15) is 11.3 Å². The summed E-state index contributed by atoms with van der Waals surface area (Å²) in [4.78, 5) is 4.27. The highest BCUT2D eigenvalue weighted by atomic mass is 127. The Morgan fingerprint density at radius 3 is 2.04 bits per heavy atom. The number of aliphatic imine (C=N–C) groups is 1. The molecule has 148 valence electrons. The minimum Gasteiger partial charge on any atom is -0.372 e. The second-order valence-electron chi connectivity index (χ2n) is 6.21. The summed E-state index contributed by atoms with van der Waals surface area (Å²) in [6.45, 7) is 2.76. The zero-order chi connectivity index (χ0) is 18.7. The van der Waals surface area contributed by atoms with Crippen molar-refractivity contribution in [1.82, 2.24) is 10.6 Å². The minimum absolute atomic E-state index is 0. The van der Waals surface area contributed by atoms with E-state index in [1.165, 1.54) is 22.3 Å². The number of hydrogen-bond acceptors (Lipinski definition) is 3. The van der Waals surface area contributed by atoms with E-state index < -0.39 is 0 Å². The lowest BCUT2D eigenvalue weighted by Crippen LogP contribution is -2.36. The van der Waals surface area contributed by atoms with E-state index in [1.807, 2.05) is 18.2 Å². The lowest BCUT2D eigenvalue weighted by Gasteiger charge is -2.12. The first kappa shape index (κ1) is 22.4.